The zero-order valence-electron chi connectivity index (χ0n) is 13.7. The molecule has 1 saturated heterocycles. The van der Waals surface area contributed by atoms with E-state index in [-0.39, 0.29) is 5.56 Å². The number of fused-ring (bicyclic) bond motifs is 1. The third-order valence-corrected chi connectivity index (χ3v) is 3.78. The molecule has 27 heavy (non-hydrogen) atoms. The van der Waals surface area contributed by atoms with Gasteiger partial charge < -0.3 is 15.0 Å². The second-order valence-corrected chi connectivity index (χ2v) is 5.64. The highest BCUT2D eigenvalue weighted by atomic mass is 19.4. The van der Waals surface area contributed by atoms with Crippen LogP contribution in [0.5, 0.6) is 0 Å². The highest BCUT2D eigenvalue weighted by Crippen LogP contribution is 2.26. The predicted octanol–water partition coefficient (Wildman–Crippen LogP) is 0.267. The summed E-state index contributed by atoms with van der Waals surface area (Å²) in [6.07, 6.45) is 0.0389. The number of anilines is 1. The zero-order valence-corrected chi connectivity index (χ0v) is 13.7. The van der Waals surface area contributed by atoms with Crippen molar-refractivity contribution in [2.24, 2.45) is 0 Å². The SMILES string of the molecule is O=c1[nH]cc(-c2cc(N3CCCC3)c3ncnn3n2)c(=O)[nH]1.OC(F)(F)F. The maximum atomic E-state index is 12.0. The molecule has 1 fully saturated rings. The lowest BCUT2D eigenvalue weighted by Crippen LogP contribution is -2.24. The van der Waals surface area contributed by atoms with Crippen molar-refractivity contribution >= 4 is 11.3 Å². The number of H-pyrrole nitrogens is 2. The number of hydrogen-bond donors (Lipinski definition) is 3. The molecule has 0 aliphatic carbocycles. The van der Waals surface area contributed by atoms with Crippen molar-refractivity contribution in [1.29, 1.82) is 0 Å². The Morgan fingerprint density at radius 2 is 1.85 bits per heavy atom. The lowest BCUT2D eigenvalue weighted by molar-refractivity contribution is -0.295. The molecule has 0 radical (unpaired) electrons. The molecule has 0 bridgehead atoms. The molecule has 144 valence electrons. The van der Waals surface area contributed by atoms with Crippen molar-refractivity contribution in [3.63, 3.8) is 0 Å². The van der Waals surface area contributed by atoms with Crippen LogP contribution in [-0.4, -0.2) is 54.3 Å². The van der Waals surface area contributed by atoms with Gasteiger partial charge in [-0.15, -0.1) is 28.0 Å². The highest BCUT2D eigenvalue weighted by molar-refractivity contribution is 5.73. The number of halogens is 3. The summed E-state index contributed by atoms with van der Waals surface area (Å²) >= 11 is 0. The van der Waals surface area contributed by atoms with E-state index in [1.807, 2.05) is 6.07 Å². The van der Waals surface area contributed by atoms with Gasteiger partial charge >= 0.3 is 12.1 Å². The van der Waals surface area contributed by atoms with Gasteiger partial charge in [-0.1, -0.05) is 0 Å². The number of aliphatic hydroxyl groups is 1. The minimum atomic E-state index is -5.00. The summed E-state index contributed by atoms with van der Waals surface area (Å²) < 4.78 is 31.1. The summed E-state index contributed by atoms with van der Waals surface area (Å²) in [5.41, 5.74) is 1.25. The topological polar surface area (TPSA) is 132 Å². The highest BCUT2D eigenvalue weighted by Gasteiger charge is 2.21. The summed E-state index contributed by atoms with van der Waals surface area (Å²) in [6, 6.07) is 1.82. The van der Waals surface area contributed by atoms with E-state index < -0.39 is 17.6 Å². The number of nitrogens with one attached hydrogen (secondary N) is 2. The lowest BCUT2D eigenvalue weighted by atomic mass is 10.2. The average Bonchev–Trinajstić information content (AvgIpc) is 3.24. The quantitative estimate of drug-likeness (QED) is 0.577. The zero-order chi connectivity index (χ0) is 19.6. The minimum absolute atomic E-state index is 0.289. The van der Waals surface area contributed by atoms with Gasteiger partial charge in [0.15, 0.2) is 5.65 Å². The number of alkyl halides is 3. The second kappa shape index (κ2) is 7.19. The molecular formula is C14H14F3N7O3. The number of aromatic amines is 2. The Morgan fingerprint density at radius 3 is 2.48 bits per heavy atom. The smallest absolute Gasteiger partial charge is 0.368 e. The van der Waals surface area contributed by atoms with E-state index in [1.54, 1.807) is 0 Å². The van der Waals surface area contributed by atoms with Crippen LogP contribution in [0.4, 0.5) is 18.9 Å². The van der Waals surface area contributed by atoms with Crippen molar-refractivity contribution in [3.05, 3.63) is 39.4 Å². The monoisotopic (exact) mass is 385 g/mol. The van der Waals surface area contributed by atoms with Gasteiger partial charge in [0.05, 0.1) is 11.3 Å². The number of rotatable bonds is 2. The molecule has 0 saturated carbocycles. The van der Waals surface area contributed by atoms with Gasteiger partial charge in [0.1, 0.15) is 12.0 Å². The first kappa shape index (κ1) is 18.6. The van der Waals surface area contributed by atoms with E-state index in [9.17, 15) is 22.8 Å². The first-order chi connectivity index (χ1) is 12.7. The van der Waals surface area contributed by atoms with E-state index in [0.717, 1.165) is 31.6 Å². The predicted molar refractivity (Wildman–Crippen MR) is 87.2 cm³/mol. The van der Waals surface area contributed by atoms with Crippen LogP contribution in [0.25, 0.3) is 16.9 Å². The summed E-state index contributed by atoms with van der Waals surface area (Å²) in [4.78, 5) is 34.2. The molecule has 3 aromatic heterocycles. The summed E-state index contributed by atoms with van der Waals surface area (Å²) in [5.74, 6) is 0. The van der Waals surface area contributed by atoms with Gasteiger partial charge in [-0.05, 0) is 18.9 Å². The van der Waals surface area contributed by atoms with Crippen molar-refractivity contribution in [2.45, 2.75) is 19.2 Å². The molecule has 0 spiro atoms. The Morgan fingerprint density at radius 1 is 1.19 bits per heavy atom. The Labute approximate surface area is 148 Å². The van der Waals surface area contributed by atoms with Crippen molar-refractivity contribution in [1.82, 2.24) is 29.8 Å². The van der Waals surface area contributed by atoms with Crippen LogP contribution < -0.4 is 16.1 Å². The van der Waals surface area contributed by atoms with E-state index in [4.69, 9.17) is 5.11 Å². The Balaban J connectivity index is 0.000000376. The Kier molecular flexibility index (Phi) is 4.94. The van der Waals surface area contributed by atoms with Gasteiger partial charge in [-0.25, -0.2) is 9.78 Å². The first-order valence-electron chi connectivity index (χ1n) is 7.80. The molecule has 13 heteroatoms. The normalized spacial score (nSPS) is 14.3. The molecule has 4 rings (SSSR count). The largest absolute Gasteiger partial charge is 0.519 e. The first-order valence-corrected chi connectivity index (χ1v) is 7.80. The van der Waals surface area contributed by atoms with Crippen LogP contribution >= 0.6 is 0 Å². The molecule has 0 amide bonds. The molecule has 3 aromatic rings. The molecule has 3 N–H and O–H groups in total. The number of hydrogen-bond acceptors (Lipinski definition) is 7. The van der Waals surface area contributed by atoms with Crippen LogP contribution in [-0.2, 0) is 0 Å². The number of aromatic nitrogens is 6. The molecule has 0 unspecified atom stereocenters. The molecule has 10 nitrogen and oxygen atoms in total. The molecule has 0 aromatic carbocycles. The summed E-state index contributed by atoms with van der Waals surface area (Å²) in [5, 5.41) is 14.9. The van der Waals surface area contributed by atoms with E-state index >= 15 is 0 Å². The molecule has 0 atom stereocenters. The van der Waals surface area contributed by atoms with Gasteiger partial charge in [0, 0.05) is 19.3 Å². The van der Waals surface area contributed by atoms with Crippen molar-refractivity contribution < 1.29 is 18.3 Å². The number of nitrogens with zero attached hydrogens (tertiary/aromatic N) is 5. The molecular weight excluding hydrogens is 371 g/mol. The van der Waals surface area contributed by atoms with Crippen LogP contribution in [0.15, 0.2) is 28.2 Å². The maximum Gasteiger partial charge on any atom is 0.519 e. The maximum absolute atomic E-state index is 12.0. The van der Waals surface area contributed by atoms with E-state index in [2.05, 4.69) is 30.0 Å². The van der Waals surface area contributed by atoms with E-state index in [0.29, 0.717) is 11.3 Å². The van der Waals surface area contributed by atoms with Gasteiger partial charge in [0.2, 0.25) is 0 Å². The average molecular weight is 385 g/mol. The van der Waals surface area contributed by atoms with Gasteiger partial charge in [-0.2, -0.15) is 0 Å². The third-order valence-electron chi connectivity index (χ3n) is 3.78. The third kappa shape index (κ3) is 4.49. The minimum Gasteiger partial charge on any atom is -0.368 e. The Bertz CT molecular complexity index is 1040. The lowest BCUT2D eigenvalue weighted by Gasteiger charge is -2.18. The standard InChI is InChI=1S/C13H13N7O2.CHF3O/c21-12-8(6-14-13(22)17-12)9-5-10(19-3-1-2-4-19)11-15-7-16-20(11)18-9;2-1(3,4)5/h5-7H,1-4H2,(H2,14,17,21,22);5H. The fourth-order valence-corrected chi connectivity index (χ4v) is 2.72. The summed E-state index contributed by atoms with van der Waals surface area (Å²) in [6.45, 7) is 1.88. The van der Waals surface area contributed by atoms with Gasteiger partial charge in [-0.3, -0.25) is 9.78 Å². The van der Waals surface area contributed by atoms with Crippen LogP contribution in [0.2, 0.25) is 0 Å². The van der Waals surface area contributed by atoms with Crippen LogP contribution in [0.1, 0.15) is 12.8 Å². The summed E-state index contributed by atoms with van der Waals surface area (Å²) in [7, 11) is 0. The molecule has 1 aliphatic heterocycles. The van der Waals surface area contributed by atoms with Crippen molar-refractivity contribution in [3.8, 4) is 11.3 Å². The fraction of sp³-hybridized carbons (Fsp3) is 0.357. The van der Waals surface area contributed by atoms with Crippen LogP contribution in [0.3, 0.4) is 0 Å². The second-order valence-electron chi connectivity index (χ2n) is 5.64. The van der Waals surface area contributed by atoms with Gasteiger partial charge in [0.25, 0.3) is 5.56 Å². The Hall–Kier alpha value is -3.22. The molecule has 1 aliphatic rings. The van der Waals surface area contributed by atoms with Crippen LogP contribution in [0, 0.1) is 0 Å². The molecule has 4 heterocycles. The van der Waals surface area contributed by atoms with Crippen molar-refractivity contribution in [2.75, 3.05) is 18.0 Å². The van der Waals surface area contributed by atoms with E-state index in [1.165, 1.54) is 17.2 Å². The fourth-order valence-electron chi connectivity index (χ4n) is 2.72.